The number of esters is 1. The van der Waals surface area contributed by atoms with Crippen LogP contribution in [0.1, 0.15) is 26.3 Å². The van der Waals surface area contributed by atoms with Gasteiger partial charge in [-0.1, -0.05) is 34.1 Å². The lowest BCUT2D eigenvalue weighted by molar-refractivity contribution is 0.0601. The van der Waals surface area contributed by atoms with E-state index >= 15 is 0 Å². The predicted molar refractivity (Wildman–Crippen MR) is 82.4 cm³/mol. The quantitative estimate of drug-likeness (QED) is 0.783. The Bertz CT molecular complexity index is 742. The molecule has 0 fully saturated rings. The van der Waals surface area contributed by atoms with Gasteiger partial charge in [-0.15, -0.1) is 0 Å². The molecular weight excluding hydrogens is 334 g/mol. The van der Waals surface area contributed by atoms with E-state index in [0.717, 1.165) is 10.0 Å². The van der Waals surface area contributed by atoms with Gasteiger partial charge in [0.25, 0.3) is 5.91 Å². The average molecular weight is 346 g/mol. The molecule has 1 amide bonds. The summed E-state index contributed by atoms with van der Waals surface area (Å²) in [5.74, 6) is -0.557. The molecule has 0 spiro atoms. The second kappa shape index (κ2) is 5.33. The second-order valence-electron chi connectivity index (χ2n) is 4.70. The van der Waals surface area contributed by atoms with Gasteiger partial charge in [0.2, 0.25) is 0 Å². The van der Waals surface area contributed by atoms with Gasteiger partial charge in [-0.25, -0.2) is 4.79 Å². The fraction of sp³-hybridized carbons (Fsp3) is 0.125. The summed E-state index contributed by atoms with van der Waals surface area (Å²) < 4.78 is 5.64. The van der Waals surface area contributed by atoms with Crippen molar-refractivity contribution in [1.82, 2.24) is 0 Å². The summed E-state index contributed by atoms with van der Waals surface area (Å²) in [6.45, 7) is 0.454. The third kappa shape index (κ3) is 2.34. The molecule has 0 atom stereocenters. The molecular formula is C16H12BrNO3. The van der Waals surface area contributed by atoms with Gasteiger partial charge in [-0.2, -0.15) is 0 Å². The van der Waals surface area contributed by atoms with Crippen LogP contribution in [0.5, 0.6) is 0 Å². The van der Waals surface area contributed by atoms with Crippen molar-refractivity contribution in [2.24, 2.45) is 0 Å². The molecule has 21 heavy (non-hydrogen) atoms. The predicted octanol–water partition coefficient (Wildman–Crippen LogP) is 3.40. The van der Waals surface area contributed by atoms with Crippen LogP contribution >= 0.6 is 15.9 Å². The van der Waals surface area contributed by atoms with Gasteiger partial charge in [0, 0.05) is 10.0 Å². The first-order valence-corrected chi connectivity index (χ1v) is 7.18. The molecule has 2 aromatic rings. The molecule has 106 valence electrons. The summed E-state index contributed by atoms with van der Waals surface area (Å²) in [6.07, 6.45) is 0. The van der Waals surface area contributed by atoms with Gasteiger partial charge in [-0.3, -0.25) is 4.79 Å². The molecule has 0 unspecified atom stereocenters. The number of rotatable bonds is 2. The highest BCUT2D eigenvalue weighted by Crippen LogP contribution is 2.32. The SMILES string of the molecule is COC(=O)c1ccccc1N1Cc2ccc(Br)cc2C1=O. The largest absolute Gasteiger partial charge is 0.465 e. The third-order valence-electron chi connectivity index (χ3n) is 3.48. The molecule has 1 aliphatic heterocycles. The van der Waals surface area contributed by atoms with Gasteiger partial charge in [0.1, 0.15) is 0 Å². The number of nitrogens with zero attached hydrogens (tertiary/aromatic N) is 1. The molecule has 1 heterocycles. The minimum absolute atomic E-state index is 0.109. The molecule has 0 radical (unpaired) electrons. The summed E-state index contributed by atoms with van der Waals surface area (Å²) in [4.78, 5) is 26.0. The number of methoxy groups -OCH3 is 1. The summed E-state index contributed by atoms with van der Waals surface area (Å²) in [7, 11) is 1.33. The van der Waals surface area contributed by atoms with Crippen LogP contribution in [0.4, 0.5) is 5.69 Å². The van der Waals surface area contributed by atoms with E-state index in [4.69, 9.17) is 4.74 Å². The standard InChI is InChI=1S/C16H12BrNO3/c1-21-16(20)12-4-2-3-5-14(12)18-9-10-6-7-11(17)8-13(10)15(18)19/h2-8H,9H2,1H3. The van der Waals surface area contributed by atoms with E-state index in [9.17, 15) is 9.59 Å². The lowest BCUT2D eigenvalue weighted by Gasteiger charge is -2.18. The Morgan fingerprint density at radius 3 is 2.76 bits per heavy atom. The lowest BCUT2D eigenvalue weighted by atomic mass is 10.1. The monoisotopic (exact) mass is 345 g/mol. The van der Waals surface area contributed by atoms with Crippen LogP contribution in [-0.2, 0) is 11.3 Å². The van der Waals surface area contributed by atoms with Crippen molar-refractivity contribution < 1.29 is 14.3 Å². The highest BCUT2D eigenvalue weighted by Gasteiger charge is 2.31. The van der Waals surface area contributed by atoms with E-state index in [1.807, 2.05) is 12.1 Å². The Hall–Kier alpha value is -2.14. The zero-order valence-corrected chi connectivity index (χ0v) is 12.9. The molecule has 0 saturated heterocycles. The van der Waals surface area contributed by atoms with Crippen LogP contribution in [0.25, 0.3) is 0 Å². The highest BCUT2D eigenvalue weighted by atomic mass is 79.9. The second-order valence-corrected chi connectivity index (χ2v) is 5.62. The van der Waals surface area contributed by atoms with Crippen LogP contribution in [-0.4, -0.2) is 19.0 Å². The van der Waals surface area contributed by atoms with Crippen molar-refractivity contribution in [3.63, 3.8) is 0 Å². The summed E-state index contributed by atoms with van der Waals surface area (Å²) in [6, 6.07) is 12.6. The summed E-state index contributed by atoms with van der Waals surface area (Å²) in [5, 5.41) is 0. The number of amides is 1. The molecule has 0 bridgehead atoms. The zero-order valence-electron chi connectivity index (χ0n) is 11.3. The minimum Gasteiger partial charge on any atom is -0.465 e. The average Bonchev–Trinajstić information content (AvgIpc) is 2.83. The van der Waals surface area contributed by atoms with Gasteiger partial charge in [0.15, 0.2) is 0 Å². The molecule has 5 heteroatoms. The fourth-order valence-corrected chi connectivity index (χ4v) is 2.82. The Morgan fingerprint density at radius 1 is 1.24 bits per heavy atom. The molecule has 2 aromatic carbocycles. The number of para-hydroxylation sites is 1. The van der Waals surface area contributed by atoms with Crippen LogP contribution < -0.4 is 4.90 Å². The number of fused-ring (bicyclic) bond motifs is 1. The number of carbonyl (C=O) groups excluding carboxylic acids is 2. The topological polar surface area (TPSA) is 46.6 Å². The van der Waals surface area contributed by atoms with Crippen molar-refractivity contribution in [1.29, 1.82) is 0 Å². The van der Waals surface area contributed by atoms with Crippen molar-refractivity contribution in [3.05, 3.63) is 63.6 Å². The van der Waals surface area contributed by atoms with E-state index in [1.165, 1.54) is 7.11 Å². The van der Waals surface area contributed by atoms with E-state index < -0.39 is 5.97 Å². The number of hydrogen-bond acceptors (Lipinski definition) is 3. The maximum atomic E-state index is 12.6. The first kappa shape index (κ1) is 13.8. The van der Waals surface area contributed by atoms with Crippen molar-refractivity contribution in [3.8, 4) is 0 Å². The lowest BCUT2D eigenvalue weighted by Crippen LogP contribution is -2.25. The van der Waals surface area contributed by atoms with E-state index in [1.54, 1.807) is 35.2 Å². The summed E-state index contributed by atoms with van der Waals surface area (Å²) >= 11 is 3.37. The van der Waals surface area contributed by atoms with Crippen molar-refractivity contribution in [2.75, 3.05) is 12.0 Å². The van der Waals surface area contributed by atoms with Crippen LogP contribution in [0.15, 0.2) is 46.9 Å². The van der Waals surface area contributed by atoms with Crippen LogP contribution in [0, 0.1) is 0 Å². The van der Waals surface area contributed by atoms with Crippen molar-refractivity contribution in [2.45, 2.75) is 6.54 Å². The number of benzene rings is 2. The van der Waals surface area contributed by atoms with E-state index in [-0.39, 0.29) is 5.91 Å². The fourth-order valence-electron chi connectivity index (χ4n) is 2.46. The number of hydrogen-bond donors (Lipinski definition) is 0. The molecule has 3 rings (SSSR count). The molecule has 0 aliphatic carbocycles. The number of halogens is 1. The van der Waals surface area contributed by atoms with Crippen molar-refractivity contribution >= 4 is 33.5 Å². The molecule has 4 nitrogen and oxygen atoms in total. The Balaban J connectivity index is 2.05. The maximum absolute atomic E-state index is 12.6. The highest BCUT2D eigenvalue weighted by molar-refractivity contribution is 9.10. The van der Waals surface area contributed by atoms with Crippen LogP contribution in [0.3, 0.4) is 0 Å². The van der Waals surface area contributed by atoms with Gasteiger partial charge < -0.3 is 9.64 Å². The number of carbonyl (C=O) groups is 2. The molecule has 1 aliphatic rings. The third-order valence-corrected chi connectivity index (χ3v) is 3.97. The van der Waals surface area contributed by atoms with E-state index in [2.05, 4.69) is 15.9 Å². The Labute approximate surface area is 130 Å². The van der Waals surface area contributed by atoms with E-state index in [0.29, 0.717) is 23.4 Å². The number of anilines is 1. The first-order chi connectivity index (χ1) is 10.1. The molecule has 0 N–H and O–H groups in total. The smallest absolute Gasteiger partial charge is 0.339 e. The van der Waals surface area contributed by atoms with Gasteiger partial charge in [0.05, 0.1) is 24.9 Å². The first-order valence-electron chi connectivity index (χ1n) is 6.39. The maximum Gasteiger partial charge on any atom is 0.339 e. The van der Waals surface area contributed by atoms with Crippen LogP contribution in [0.2, 0.25) is 0 Å². The minimum atomic E-state index is -0.449. The number of ether oxygens (including phenoxy) is 1. The molecule has 0 saturated carbocycles. The Kier molecular flexibility index (Phi) is 3.51. The molecule has 0 aromatic heterocycles. The Morgan fingerprint density at radius 2 is 2.00 bits per heavy atom. The normalized spacial score (nSPS) is 13.2. The zero-order chi connectivity index (χ0) is 15.0. The van der Waals surface area contributed by atoms with Gasteiger partial charge in [-0.05, 0) is 29.8 Å². The summed E-state index contributed by atoms with van der Waals surface area (Å²) in [5.41, 5.74) is 2.56. The van der Waals surface area contributed by atoms with Gasteiger partial charge >= 0.3 is 5.97 Å².